The quantitative estimate of drug-likeness (QED) is 0.560. The standard InChI is InChI=1S/C19H20ClN3O4/c20-16-4-6-18(7-5-16)27-13-12-21-8-10-22(11-9-21)19(24)15-2-1-3-17(14-15)23(25)26/h1-7,14H,8-13H2. The predicted molar refractivity (Wildman–Crippen MR) is 102 cm³/mol. The highest BCUT2D eigenvalue weighted by Crippen LogP contribution is 2.17. The zero-order valence-corrected chi connectivity index (χ0v) is 15.5. The summed E-state index contributed by atoms with van der Waals surface area (Å²) in [4.78, 5) is 26.9. The second-order valence-corrected chi connectivity index (χ2v) is 6.68. The number of nitro groups is 1. The van der Waals surface area contributed by atoms with Crippen molar-refractivity contribution in [1.29, 1.82) is 0 Å². The van der Waals surface area contributed by atoms with E-state index in [1.54, 1.807) is 23.1 Å². The lowest BCUT2D eigenvalue weighted by Crippen LogP contribution is -2.49. The van der Waals surface area contributed by atoms with Gasteiger partial charge in [0.15, 0.2) is 0 Å². The SMILES string of the molecule is O=C(c1cccc([N+](=O)[O-])c1)N1CCN(CCOc2ccc(Cl)cc2)CC1. The van der Waals surface area contributed by atoms with E-state index in [9.17, 15) is 14.9 Å². The van der Waals surface area contributed by atoms with Crippen LogP contribution in [0.4, 0.5) is 5.69 Å². The molecule has 8 heteroatoms. The van der Waals surface area contributed by atoms with Gasteiger partial charge in [-0.05, 0) is 30.3 Å². The summed E-state index contributed by atoms with van der Waals surface area (Å²) in [6.45, 7) is 3.97. The molecule has 1 fully saturated rings. The van der Waals surface area contributed by atoms with Gasteiger partial charge in [0.25, 0.3) is 11.6 Å². The molecule has 0 atom stereocenters. The molecule has 1 saturated heterocycles. The number of carbonyl (C=O) groups is 1. The molecule has 27 heavy (non-hydrogen) atoms. The van der Waals surface area contributed by atoms with Gasteiger partial charge in [0.1, 0.15) is 12.4 Å². The Labute approximate surface area is 162 Å². The maximum Gasteiger partial charge on any atom is 0.270 e. The van der Waals surface area contributed by atoms with Gasteiger partial charge in [0, 0.05) is 55.4 Å². The minimum atomic E-state index is -0.491. The van der Waals surface area contributed by atoms with Crippen molar-refractivity contribution in [3.8, 4) is 5.75 Å². The van der Waals surface area contributed by atoms with Crippen LogP contribution in [0.2, 0.25) is 5.02 Å². The number of rotatable bonds is 6. The van der Waals surface area contributed by atoms with Crippen LogP contribution in [0.15, 0.2) is 48.5 Å². The Kier molecular flexibility index (Phi) is 6.26. The Bertz CT molecular complexity index is 805. The smallest absolute Gasteiger partial charge is 0.270 e. The van der Waals surface area contributed by atoms with Crippen molar-refractivity contribution in [1.82, 2.24) is 9.80 Å². The fourth-order valence-electron chi connectivity index (χ4n) is 2.93. The van der Waals surface area contributed by atoms with E-state index in [0.29, 0.717) is 30.3 Å². The summed E-state index contributed by atoms with van der Waals surface area (Å²) in [6, 6.07) is 13.1. The van der Waals surface area contributed by atoms with Gasteiger partial charge < -0.3 is 9.64 Å². The zero-order chi connectivity index (χ0) is 19.2. The van der Waals surface area contributed by atoms with Crippen molar-refractivity contribution < 1.29 is 14.5 Å². The van der Waals surface area contributed by atoms with E-state index in [4.69, 9.17) is 16.3 Å². The van der Waals surface area contributed by atoms with Crippen molar-refractivity contribution in [3.05, 3.63) is 69.2 Å². The van der Waals surface area contributed by atoms with Crippen LogP contribution < -0.4 is 4.74 Å². The summed E-state index contributed by atoms with van der Waals surface area (Å²) >= 11 is 5.85. The fourth-order valence-corrected chi connectivity index (χ4v) is 3.06. The number of non-ortho nitro benzene ring substituents is 1. The molecule has 0 bridgehead atoms. The highest BCUT2D eigenvalue weighted by Gasteiger charge is 2.23. The predicted octanol–water partition coefficient (Wildman–Crippen LogP) is 3.09. The van der Waals surface area contributed by atoms with E-state index in [0.717, 1.165) is 25.4 Å². The van der Waals surface area contributed by atoms with Crippen molar-refractivity contribution in [2.75, 3.05) is 39.3 Å². The van der Waals surface area contributed by atoms with Crippen LogP contribution in [-0.4, -0.2) is 60.0 Å². The number of hydrogen-bond donors (Lipinski definition) is 0. The molecule has 0 aromatic heterocycles. The maximum atomic E-state index is 12.6. The van der Waals surface area contributed by atoms with Crippen LogP contribution >= 0.6 is 11.6 Å². The van der Waals surface area contributed by atoms with Crippen molar-refractivity contribution in [3.63, 3.8) is 0 Å². The molecule has 3 rings (SSSR count). The first-order valence-electron chi connectivity index (χ1n) is 8.67. The number of ether oxygens (including phenoxy) is 1. The fraction of sp³-hybridized carbons (Fsp3) is 0.316. The first-order valence-corrected chi connectivity index (χ1v) is 9.05. The largest absolute Gasteiger partial charge is 0.492 e. The average Bonchev–Trinajstić information content (AvgIpc) is 2.69. The summed E-state index contributed by atoms with van der Waals surface area (Å²) in [5.74, 6) is 0.606. The van der Waals surface area contributed by atoms with Gasteiger partial charge in [0.05, 0.1) is 4.92 Å². The molecule has 1 aliphatic rings. The van der Waals surface area contributed by atoms with Gasteiger partial charge in [-0.1, -0.05) is 17.7 Å². The van der Waals surface area contributed by atoms with Gasteiger partial charge in [-0.15, -0.1) is 0 Å². The Morgan fingerprint density at radius 2 is 1.81 bits per heavy atom. The van der Waals surface area contributed by atoms with Crippen LogP contribution in [0, 0.1) is 10.1 Å². The first kappa shape index (κ1) is 19.1. The van der Waals surface area contributed by atoms with Gasteiger partial charge in [-0.3, -0.25) is 19.8 Å². The third-order valence-electron chi connectivity index (χ3n) is 4.45. The van der Waals surface area contributed by atoms with Crippen LogP contribution in [0.1, 0.15) is 10.4 Å². The van der Waals surface area contributed by atoms with E-state index >= 15 is 0 Å². The molecule has 0 spiro atoms. The Hall–Kier alpha value is -2.64. The minimum Gasteiger partial charge on any atom is -0.492 e. The number of nitro benzene ring substituents is 1. The topological polar surface area (TPSA) is 75.9 Å². The van der Waals surface area contributed by atoms with Crippen LogP contribution in [0.25, 0.3) is 0 Å². The third-order valence-corrected chi connectivity index (χ3v) is 4.71. The molecule has 1 amide bonds. The monoisotopic (exact) mass is 389 g/mol. The van der Waals surface area contributed by atoms with Crippen molar-refractivity contribution >= 4 is 23.2 Å². The zero-order valence-electron chi connectivity index (χ0n) is 14.7. The first-order chi connectivity index (χ1) is 13.0. The number of hydrogen-bond acceptors (Lipinski definition) is 5. The molecule has 0 N–H and O–H groups in total. The number of carbonyl (C=O) groups excluding carboxylic acids is 1. The molecule has 0 unspecified atom stereocenters. The maximum absolute atomic E-state index is 12.6. The Morgan fingerprint density at radius 3 is 2.48 bits per heavy atom. The molecule has 0 radical (unpaired) electrons. The number of amides is 1. The lowest BCUT2D eigenvalue weighted by atomic mass is 10.1. The van der Waals surface area contributed by atoms with E-state index in [1.165, 1.54) is 18.2 Å². The third kappa shape index (κ3) is 5.18. The number of piperazine rings is 1. The van der Waals surface area contributed by atoms with Gasteiger partial charge in [0.2, 0.25) is 0 Å². The van der Waals surface area contributed by atoms with E-state index in [1.807, 2.05) is 12.1 Å². The van der Waals surface area contributed by atoms with E-state index in [2.05, 4.69) is 4.90 Å². The second kappa shape index (κ2) is 8.83. The van der Waals surface area contributed by atoms with Crippen molar-refractivity contribution in [2.24, 2.45) is 0 Å². The van der Waals surface area contributed by atoms with E-state index < -0.39 is 4.92 Å². The molecular formula is C19H20ClN3O4. The molecule has 142 valence electrons. The molecular weight excluding hydrogens is 370 g/mol. The number of halogens is 1. The molecule has 0 saturated carbocycles. The molecule has 2 aromatic rings. The number of nitrogens with zero attached hydrogens (tertiary/aromatic N) is 3. The van der Waals surface area contributed by atoms with Crippen molar-refractivity contribution in [2.45, 2.75) is 0 Å². The Balaban J connectivity index is 1.45. The number of benzene rings is 2. The lowest BCUT2D eigenvalue weighted by molar-refractivity contribution is -0.384. The molecule has 7 nitrogen and oxygen atoms in total. The van der Waals surface area contributed by atoms with E-state index in [-0.39, 0.29) is 11.6 Å². The normalized spacial score (nSPS) is 14.8. The lowest BCUT2D eigenvalue weighted by Gasteiger charge is -2.34. The molecule has 0 aliphatic carbocycles. The highest BCUT2D eigenvalue weighted by atomic mass is 35.5. The summed E-state index contributed by atoms with van der Waals surface area (Å²) in [7, 11) is 0. The van der Waals surface area contributed by atoms with Gasteiger partial charge in [-0.25, -0.2) is 0 Å². The van der Waals surface area contributed by atoms with Crippen LogP contribution in [0.5, 0.6) is 5.75 Å². The van der Waals surface area contributed by atoms with Gasteiger partial charge >= 0.3 is 0 Å². The summed E-state index contributed by atoms with van der Waals surface area (Å²) in [5, 5.41) is 11.5. The molecule has 1 heterocycles. The summed E-state index contributed by atoms with van der Waals surface area (Å²) < 4.78 is 5.70. The highest BCUT2D eigenvalue weighted by molar-refractivity contribution is 6.30. The average molecular weight is 390 g/mol. The molecule has 1 aliphatic heterocycles. The Morgan fingerprint density at radius 1 is 1.11 bits per heavy atom. The summed E-state index contributed by atoms with van der Waals surface area (Å²) in [6.07, 6.45) is 0. The second-order valence-electron chi connectivity index (χ2n) is 6.24. The van der Waals surface area contributed by atoms with Crippen LogP contribution in [0.3, 0.4) is 0 Å². The summed E-state index contributed by atoms with van der Waals surface area (Å²) in [5.41, 5.74) is 0.280. The molecule has 2 aromatic carbocycles. The van der Waals surface area contributed by atoms with Gasteiger partial charge in [-0.2, -0.15) is 0 Å². The minimum absolute atomic E-state index is 0.0705. The van der Waals surface area contributed by atoms with Crippen LogP contribution in [-0.2, 0) is 0 Å².